The van der Waals surface area contributed by atoms with Crippen molar-refractivity contribution in [3.05, 3.63) is 69.8 Å². The minimum absolute atomic E-state index is 0.0529. The van der Waals surface area contributed by atoms with Gasteiger partial charge in [-0.25, -0.2) is 0 Å². The number of hydrogen-bond donors (Lipinski definition) is 3. The summed E-state index contributed by atoms with van der Waals surface area (Å²) in [6, 6.07) is 9.58. The van der Waals surface area contributed by atoms with Crippen molar-refractivity contribution < 1.29 is 24.0 Å². The second kappa shape index (κ2) is 11.6. The predicted octanol–water partition coefficient (Wildman–Crippen LogP) is 3.60. The van der Waals surface area contributed by atoms with Crippen LogP contribution in [0.4, 0.5) is 5.69 Å². The molecule has 0 aromatic heterocycles. The van der Waals surface area contributed by atoms with Crippen molar-refractivity contribution in [3.8, 4) is 5.75 Å². The van der Waals surface area contributed by atoms with E-state index in [2.05, 4.69) is 23.3 Å². The molecule has 0 saturated carbocycles. The number of non-ortho nitro benzene ring substituents is 1. The van der Waals surface area contributed by atoms with Crippen LogP contribution in [0.2, 0.25) is 0 Å². The molecule has 3 atom stereocenters. The molecule has 2 aromatic rings. The fourth-order valence-corrected chi connectivity index (χ4v) is 4.58. The van der Waals surface area contributed by atoms with Crippen LogP contribution in [0.15, 0.2) is 48.5 Å². The number of hydrogen-bond acceptors (Lipinski definition) is 7. The van der Waals surface area contributed by atoms with Crippen LogP contribution < -0.4 is 15.4 Å². The van der Waals surface area contributed by atoms with Crippen LogP contribution in [0.5, 0.6) is 5.75 Å². The first kappa shape index (κ1) is 29.9. The van der Waals surface area contributed by atoms with Gasteiger partial charge in [-0.05, 0) is 64.8 Å². The van der Waals surface area contributed by atoms with Crippen molar-refractivity contribution in [2.45, 2.75) is 77.2 Å². The third kappa shape index (κ3) is 7.72. The molecule has 1 fully saturated rings. The predicted molar refractivity (Wildman–Crippen MR) is 151 cm³/mol. The molecular formula is C28H36N4O6S. The smallest absolute Gasteiger partial charge is 0.269 e. The van der Waals surface area contributed by atoms with E-state index in [1.807, 2.05) is 41.5 Å². The van der Waals surface area contributed by atoms with Crippen LogP contribution in [-0.2, 0) is 20.8 Å². The van der Waals surface area contributed by atoms with E-state index in [9.17, 15) is 24.5 Å². The normalized spacial score (nSPS) is 18.8. The molecule has 2 aromatic carbocycles. The summed E-state index contributed by atoms with van der Waals surface area (Å²) in [5, 5.41) is 16.7. The molecule has 1 unspecified atom stereocenters. The molecule has 210 valence electrons. The first-order valence-electron chi connectivity index (χ1n) is 12.7. The number of carbonyl (C=O) groups is 3. The number of carbonyl (C=O) groups excluding carboxylic acids is 3. The van der Waals surface area contributed by atoms with Gasteiger partial charge in [0.15, 0.2) is 0 Å². The maximum atomic E-state index is 13.8. The van der Waals surface area contributed by atoms with E-state index in [0.717, 1.165) is 0 Å². The fraction of sp³-hybridized carbons (Fsp3) is 0.464. The molecule has 3 amide bonds. The van der Waals surface area contributed by atoms with E-state index < -0.39 is 51.9 Å². The highest BCUT2D eigenvalue weighted by Gasteiger charge is 2.46. The number of nitro benzene ring substituents is 1. The number of nitrogens with zero attached hydrogens (tertiary/aromatic N) is 2. The lowest BCUT2D eigenvalue weighted by molar-refractivity contribution is -0.384. The highest BCUT2D eigenvalue weighted by atomic mass is 32.1. The van der Waals surface area contributed by atoms with E-state index >= 15 is 0 Å². The maximum Gasteiger partial charge on any atom is 0.269 e. The highest BCUT2D eigenvalue weighted by molar-refractivity contribution is 7.80. The minimum Gasteiger partial charge on any atom is -0.488 e. The van der Waals surface area contributed by atoms with Crippen molar-refractivity contribution >= 4 is 36.0 Å². The number of thiol groups is 1. The number of piperazine rings is 1. The van der Waals surface area contributed by atoms with Gasteiger partial charge in [0.1, 0.15) is 29.5 Å². The van der Waals surface area contributed by atoms with Gasteiger partial charge in [0.25, 0.3) is 5.69 Å². The van der Waals surface area contributed by atoms with Crippen LogP contribution in [0.25, 0.3) is 0 Å². The monoisotopic (exact) mass is 556 g/mol. The average molecular weight is 557 g/mol. The lowest BCUT2D eigenvalue weighted by Gasteiger charge is -2.43. The molecule has 0 spiro atoms. The molecule has 1 saturated heterocycles. The van der Waals surface area contributed by atoms with Crippen LogP contribution in [0, 0.1) is 10.1 Å². The second-order valence-corrected chi connectivity index (χ2v) is 11.9. The van der Waals surface area contributed by atoms with Crippen molar-refractivity contribution in [2.24, 2.45) is 0 Å². The number of benzene rings is 2. The van der Waals surface area contributed by atoms with Crippen LogP contribution in [0.3, 0.4) is 0 Å². The Morgan fingerprint density at radius 3 is 2.15 bits per heavy atom. The second-order valence-electron chi connectivity index (χ2n) is 11.6. The molecule has 11 heteroatoms. The Labute approximate surface area is 234 Å². The lowest BCUT2D eigenvalue weighted by atomic mass is 9.93. The number of amides is 3. The zero-order valence-electron chi connectivity index (χ0n) is 23.1. The quantitative estimate of drug-likeness (QED) is 0.259. The number of ether oxygens (including phenoxy) is 1. The number of rotatable bonds is 8. The zero-order chi connectivity index (χ0) is 29.1. The van der Waals surface area contributed by atoms with Gasteiger partial charge < -0.3 is 20.3 Å². The van der Waals surface area contributed by atoms with Gasteiger partial charge in [-0.3, -0.25) is 24.5 Å². The summed E-state index contributed by atoms with van der Waals surface area (Å²) in [7, 11) is 0. The topological polar surface area (TPSA) is 131 Å². The molecule has 1 aliphatic heterocycles. The Hall–Kier alpha value is -3.60. The van der Waals surface area contributed by atoms with Gasteiger partial charge in [-0.1, -0.05) is 24.3 Å². The first-order valence-corrected chi connectivity index (χ1v) is 13.3. The number of nitro groups is 1. The minimum atomic E-state index is -1.13. The van der Waals surface area contributed by atoms with Crippen molar-refractivity contribution in [1.82, 2.24) is 15.5 Å². The summed E-state index contributed by atoms with van der Waals surface area (Å²) in [6.45, 7) is 11.3. The van der Waals surface area contributed by atoms with Crippen molar-refractivity contribution in [3.63, 3.8) is 0 Å². The molecule has 0 aliphatic carbocycles. The van der Waals surface area contributed by atoms with E-state index in [1.54, 1.807) is 36.4 Å². The summed E-state index contributed by atoms with van der Waals surface area (Å²) in [5.41, 5.74) is -0.0155. The van der Waals surface area contributed by atoms with Gasteiger partial charge >= 0.3 is 0 Å². The number of nitrogens with one attached hydrogen (secondary N) is 2. The Bertz CT molecular complexity index is 1220. The van der Waals surface area contributed by atoms with Gasteiger partial charge in [0, 0.05) is 29.8 Å². The Kier molecular flexibility index (Phi) is 8.94. The zero-order valence-corrected chi connectivity index (χ0v) is 24.0. The summed E-state index contributed by atoms with van der Waals surface area (Å²) < 4.78 is 5.92. The molecular weight excluding hydrogens is 520 g/mol. The molecule has 1 heterocycles. The van der Waals surface area contributed by atoms with Crippen LogP contribution in [0.1, 0.15) is 58.7 Å². The molecule has 3 rings (SSSR count). The molecule has 1 aliphatic rings. The molecule has 10 nitrogen and oxygen atoms in total. The molecule has 0 bridgehead atoms. The summed E-state index contributed by atoms with van der Waals surface area (Å²) in [6.07, 6.45) is 0.0549. The SMILES string of the molecule is CC(C)(C)NC(=O)C(c1ccc(OC(C)(C)C)cc1)N1C(=O)[C@H](CS)NC(=O)[C@@H]1Cc1ccc([N+](=O)[O-])cc1. The average Bonchev–Trinajstić information content (AvgIpc) is 2.82. The van der Waals surface area contributed by atoms with Gasteiger partial charge in [-0.2, -0.15) is 12.6 Å². The summed E-state index contributed by atoms with van der Waals surface area (Å²) in [4.78, 5) is 52.8. The van der Waals surface area contributed by atoms with Crippen molar-refractivity contribution in [2.75, 3.05) is 5.75 Å². The largest absolute Gasteiger partial charge is 0.488 e. The Balaban J connectivity index is 2.08. The fourth-order valence-electron chi connectivity index (χ4n) is 4.34. The molecule has 39 heavy (non-hydrogen) atoms. The lowest BCUT2D eigenvalue weighted by Crippen LogP contribution is -2.66. The molecule has 2 N–H and O–H groups in total. The maximum absolute atomic E-state index is 13.8. The van der Waals surface area contributed by atoms with Crippen molar-refractivity contribution in [1.29, 1.82) is 0 Å². The van der Waals surface area contributed by atoms with Gasteiger partial charge in [0.05, 0.1) is 4.92 Å². The van der Waals surface area contributed by atoms with Gasteiger partial charge in [0.2, 0.25) is 17.7 Å². The highest BCUT2D eigenvalue weighted by Crippen LogP contribution is 2.31. The van der Waals surface area contributed by atoms with Crippen LogP contribution >= 0.6 is 12.6 Å². The van der Waals surface area contributed by atoms with E-state index in [0.29, 0.717) is 16.9 Å². The third-order valence-electron chi connectivity index (χ3n) is 5.91. The Morgan fingerprint density at radius 1 is 1.08 bits per heavy atom. The van der Waals surface area contributed by atoms with E-state index in [-0.39, 0.29) is 17.9 Å². The van der Waals surface area contributed by atoms with E-state index in [1.165, 1.54) is 17.0 Å². The van der Waals surface area contributed by atoms with Gasteiger partial charge in [-0.15, -0.1) is 0 Å². The van der Waals surface area contributed by atoms with E-state index in [4.69, 9.17) is 4.74 Å². The first-order chi connectivity index (χ1) is 18.1. The standard InChI is InChI=1S/C28H36N4O6S/c1-27(2,3)30-25(34)23(18-9-13-20(14-10-18)38-28(4,5)6)31-22(24(33)29-21(16-39)26(31)35)15-17-7-11-19(12-8-17)32(36)37/h7-14,21-23,39H,15-16H2,1-6H3,(H,29,33)(H,30,34)/t21-,22-,23?/m0/s1. The van der Waals surface area contributed by atoms with Crippen LogP contribution in [-0.4, -0.2) is 56.5 Å². The third-order valence-corrected chi connectivity index (χ3v) is 6.28. The molecule has 0 radical (unpaired) electrons. The summed E-state index contributed by atoms with van der Waals surface area (Å²) in [5.74, 6) is -0.674. The Morgan fingerprint density at radius 2 is 1.67 bits per heavy atom. The summed E-state index contributed by atoms with van der Waals surface area (Å²) >= 11 is 4.25.